The number of hydrogen-bond acceptors (Lipinski definition) is 5. The number of piperazine rings is 1. The molecule has 2 N–H and O–H groups in total. The van der Waals surface area contributed by atoms with Gasteiger partial charge in [0.05, 0.1) is 5.25 Å². The molecular formula is C15H19N5S. The first-order chi connectivity index (χ1) is 10.3. The number of aromatic amines is 1. The summed E-state index contributed by atoms with van der Waals surface area (Å²) in [5.41, 5.74) is 1.42. The van der Waals surface area contributed by atoms with E-state index in [-0.39, 0.29) is 0 Å². The highest BCUT2D eigenvalue weighted by Gasteiger charge is 2.27. The van der Waals surface area contributed by atoms with Crippen LogP contribution in [0.5, 0.6) is 0 Å². The lowest BCUT2D eigenvalue weighted by molar-refractivity contribution is 0.479. The van der Waals surface area contributed by atoms with Crippen molar-refractivity contribution in [1.29, 1.82) is 0 Å². The molecule has 0 radical (unpaired) electrons. The summed E-state index contributed by atoms with van der Waals surface area (Å²) in [7, 11) is 0. The Kier molecular flexibility index (Phi) is 3.35. The first kappa shape index (κ1) is 13.2. The van der Waals surface area contributed by atoms with Crippen LogP contribution in [0.1, 0.15) is 23.6 Å². The third-order valence-corrected chi connectivity index (χ3v) is 5.42. The second kappa shape index (κ2) is 5.35. The van der Waals surface area contributed by atoms with Crippen LogP contribution in [0.15, 0.2) is 29.2 Å². The molecule has 6 heteroatoms. The predicted octanol–water partition coefficient (Wildman–Crippen LogP) is 1.99. The summed E-state index contributed by atoms with van der Waals surface area (Å²) in [5.74, 6) is 1.84. The summed E-state index contributed by atoms with van der Waals surface area (Å²) in [4.78, 5) is 8.37. The minimum atomic E-state index is 0.365. The minimum Gasteiger partial charge on any atom is -0.337 e. The highest BCUT2D eigenvalue weighted by molar-refractivity contribution is 7.99. The Hall–Kier alpha value is -1.53. The number of aromatic nitrogens is 3. The Labute approximate surface area is 128 Å². The Morgan fingerprint density at radius 2 is 2.24 bits per heavy atom. The van der Waals surface area contributed by atoms with Gasteiger partial charge >= 0.3 is 0 Å². The highest BCUT2D eigenvalue weighted by atomic mass is 32.2. The van der Waals surface area contributed by atoms with Gasteiger partial charge in [-0.25, -0.2) is 0 Å². The summed E-state index contributed by atoms with van der Waals surface area (Å²) < 4.78 is 0. The fourth-order valence-corrected chi connectivity index (χ4v) is 4.25. The van der Waals surface area contributed by atoms with E-state index in [1.54, 1.807) is 0 Å². The van der Waals surface area contributed by atoms with E-state index in [2.05, 4.69) is 51.6 Å². The van der Waals surface area contributed by atoms with Crippen LogP contribution < -0.4 is 10.2 Å². The smallest absolute Gasteiger partial charge is 0.244 e. The lowest BCUT2D eigenvalue weighted by Crippen LogP contribution is -2.49. The van der Waals surface area contributed by atoms with Gasteiger partial charge in [-0.1, -0.05) is 18.2 Å². The SMILES string of the molecule is C[C@H]1CN(c2n[nH]c(C3Cc4ccccc4S3)n2)CCN1. The number of thioether (sulfide) groups is 1. The van der Waals surface area contributed by atoms with Crippen LogP contribution in [0, 0.1) is 0 Å². The van der Waals surface area contributed by atoms with Crippen molar-refractivity contribution >= 4 is 17.7 Å². The third-order valence-electron chi connectivity index (χ3n) is 4.09. The summed E-state index contributed by atoms with van der Waals surface area (Å²) in [5, 5.41) is 11.4. The molecule has 2 aliphatic rings. The van der Waals surface area contributed by atoms with Gasteiger partial charge in [-0.2, -0.15) is 4.98 Å². The Morgan fingerprint density at radius 1 is 1.33 bits per heavy atom. The molecule has 2 aromatic rings. The van der Waals surface area contributed by atoms with Gasteiger partial charge in [-0.3, -0.25) is 5.10 Å². The predicted molar refractivity (Wildman–Crippen MR) is 84.8 cm³/mol. The number of fused-ring (bicyclic) bond motifs is 1. The van der Waals surface area contributed by atoms with Gasteiger partial charge in [0.2, 0.25) is 5.95 Å². The molecule has 0 spiro atoms. The molecule has 1 saturated heterocycles. The van der Waals surface area contributed by atoms with Crippen molar-refractivity contribution < 1.29 is 0 Å². The van der Waals surface area contributed by atoms with Crippen LogP contribution in [0.3, 0.4) is 0 Å². The maximum Gasteiger partial charge on any atom is 0.244 e. The van der Waals surface area contributed by atoms with Crippen molar-refractivity contribution in [2.75, 3.05) is 24.5 Å². The van der Waals surface area contributed by atoms with Crippen LogP contribution in [0.4, 0.5) is 5.95 Å². The molecule has 0 bridgehead atoms. The zero-order valence-electron chi connectivity index (χ0n) is 12.0. The summed E-state index contributed by atoms with van der Waals surface area (Å²) in [6.07, 6.45) is 1.04. The van der Waals surface area contributed by atoms with Gasteiger partial charge in [-0.05, 0) is 25.0 Å². The fourth-order valence-electron chi connectivity index (χ4n) is 3.00. The maximum absolute atomic E-state index is 4.74. The molecule has 1 fully saturated rings. The van der Waals surface area contributed by atoms with E-state index in [0.29, 0.717) is 11.3 Å². The zero-order chi connectivity index (χ0) is 14.2. The van der Waals surface area contributed by atoms with Gasteiger partial charge in [0.15, 0.2) is 0 Å². The van der Waals surface area contributed by atoms with Crippen LogP contribution in [-0.4, -0.2) is 40.9 Å². The molecular weight excluding hydrogens is 282 g/mol. The molecule has 1 unspecified atom stereocenters. The molecule has 0 aliphatic carbocycles. The molecule has 3 heterocycles. The van der Waals surface area contributed by atoms with Gasteiger partial charge in [0.25, 0.3) is 0 Å². The van der Waals surface area contributed by atoms with Crippen molar-refractivity contribution in [3.63, 3.8) is 0 Å². The Bertz CT molecular complexity index is 615. The number of H-pyrrole nitrogens is 1. The van der Waals surface area contributed by atoms with Crippen molar-refractivity contribution in [2.24, 2.45) is 0 Å². The average Bonchev–Trinajstić information content (AvgIpc) is 3.14. The van der Waals surface area contributed by atoms with Crippen LogP contribution >= 0.6 is 11.8 Å². The standard InChI is InChI=1S/C15H19N5S/c1-10-9-20(7-6-16-10)15-17-14(18-19-15)13-8-11-4-2-3-5-12(11)21-13/h2-5,10,13,16H,6-9H2,1H3,(H,17,18,19)/t10-,13?/m0/s1. The molecule has 1 aromatic heterocycles. The lowest BCUT2D eigenvalue weighted by atomic mass is 10.1. The number of anilines is 1. The zero-order valence-corrected chi connectivity index (χ0v) is 12.9. The normalized spacial score (nSPS) is 25.1. The monoisotopic (exact) mass is 301 g/mol. The van der Waals surface area contributed by atoms with Crippen LogP contribution in [0.2, 0.25) is 0 Å². The minimum absolute atomic E-state index is 0.365. The van der Waals surface area contributed by atoms with Crippen molar-refractivity contribution in [3.05, 3.63) is 35.7 Å². The molecule has 110 valence electrons. The van der Waals surface area contributed by atoms with Crippen molar-refractivity contribution in [1.82, 2.24) is 20.5 Å². The van der Waals surface area contributed by atoms with Gasteiger partial charge < -0.3 is 10.2 Å². The number of rotatable bonds is 2. The number of nitrogens with one attached hydrogen (secondary N) is 2. The van der Waals surface area contributed by atoms with E-state index >= 15 is 0 Å². The first-order valence-corrected chi connectivity index (χ1v) is 8.33. The summed E-state index contributed by atoms with van der Waals surface area (Å²) in [6.45, 7) is 5.13. The van der Waals surface area contributed by atoms with Gasteiger partial charge in [0, 0.05) is 30.6 Å². The Balaban J connectivity index is 1.51. The molecule has 2 aliphatic heterocycles. The Morgan fingerprint density at radius 3 is 3.10 bits per heavy atom. The second-order valence-corrected chi connectivity index (χ2v) is 6.98. The van der Waals surface area contributed by atoms with E-state index in [1.165, 1.54) is 10.5 Å². The molecule has 21 heavy (non-hydrogen) atoms. The van der Waals surface area contributed by atoms with E-state index in [4.69, 9.17) is 4.98 Å². The first-order valence-electron chi connectivity index (χ1n) is 7.45. The summed E-state index contributed by atoms with van der Waals surface area (Å²) >= 11 is 1.89. The third kappa shape index (κ3) is 2.53. The van der Waals surface area contributed by atoms with Gasteiger partial charge in [0.1, 0.15) is 5.82 Å². The number of hydrogen-bond donors (Lipinski definition) is 2. The molecule has 0 amide bonds. The maximum atomic E-state index is 4.74. The van der Waals surface area contributed by atoms with Crippen molar-refractivity contribution in [3.8, 4) is 0 Å². The summed E-state index contributed by atoms with van der Waals surface area (Å²) in [6, 6.07) is 9.09. The van der Waals surface area contributed by atoms with E-state index in [1.807, 2.05) is 11.8 Å². The quantitative estimate of drug-likeness (QED) is 0.888. The second-order valence-electron chi connectivity index (χ2n) is 5.74. The largest absolute Gasteiger partial charge is 0.337 e. The molecule has 5 nitrogen and oxygen atoms in total. The molecule has 2 atom stereocenters. The highest BCUT2D eigenvalue weighted by Crippen LogP contribution is 2.45. The molecule has 0 saturated carbocycles. The number of benzene rings is 1. The van der Waals surface area contributed by atoms with E-state index < -0.39 is 0 Å². The average molecular weight is 301 g/mol. The van der Waals surface area contributed by atoms with Crippen molar-refractivity contribution in [2.45, 2.75) is 29.5 Å². The van der Waals surface area contributed by atoms with E-state index in [9.17, 15) is 0 Å². The van der Waals surface area contributed by atoms with Crippen LogP contribution in [0.25, 0.3) is 0 Å². The topological polar surface area (TPSA) is 56.8 Å². The molecule has 4 rings (SSSR count). The van der Waals surface area contributed by atoms with E-state index in [0.717, 1.165) is 37.8 Å². The van der Waals surface area contributed by atoms with Gasteiger partial charge in [-0.15, -0.1) is 16.9 Å². The molecule has 1 aromatic carbocycles. The lowest BCUT2D eigenvalue weighted by Gasteiger charge is -2.30. The number of nitrogens with zero attached hydrogens (tertiary/aromatic N) is 3. The fraction of sp³-hybridized carbons (Fsp3) is 0.467. The van der Waals surface area contributed by atoms with Crippen LogP contribution in [-0.2, 0) is 6.42 Å².